The Morgan fingerprint density at radius 1 is 1.43 bits per heavy atom. The topological polar surface area (TPSA) is 26.3 Å². The third-order valence-corrected chi connectivity index (χ3v) is 2.01. The number of methoxy groups -OCH3 is 1. The van der Waals surface area contributed by atoms with E-state index in [4.69, 9.17) is 0 Å². The van der Waals surface area contributed by atoms with E-state index in [9.17, 15) is 13.6 Å². The summed E-state index contributed by atoms with van der Waals surface area (Å²) in [4.78, 5) is 10.9. The molecular formula is C10H10F2O2. The van der Waals surface area contributed by atoms with Gasteiger partial charge in [0.15, 0.2) is 11.6 Å². The van der Waals surface area contributed by atoms with Crippen molar-refractivity contribution in [2.45, 2.75) is 13.3 Å². The summed E-state index contributed by atoms with van der Waals surface area (Å²) in [6, 6.07) is 2.38. The normalized spacial score (nSPS) is 10.0. The molecule has 0 spiro atoms. The lowest BCUT2D eigenvalue weighted by Crippen LogP contribution is -2.07. The first-order valence-electron chi connectivity index (χ1n) is 4.06. The number of hydrogen-bond acceptors (Lipinski definition) is 2. The first-order chi connectivity index (χ1) is 6.56. The van der Waals surface area contributed by atoms with Crippen molar-refractivity contribution in [2.24, 2.45) is 0 Å². The third kappa shape index (κ3) is 2.07. The van der Waals surface area contributed by atoms with Crippen LogP contribution in [-0.2, 0) is 16.0 Å². The van der Waals surface area contributed by atoms with E-state index >= 15 is 0 Å². The number of benzene rings is 1. The van der Waals surface area contributed by atoms with Crippen LogP contribution in [0, 0.1) is 18.6 Å². The summed E-state index contributed by atoms with van der Waals surface area (Å²) in [5, 5.41) is 0. The van der Waals surface area contributed by atoms with Gasteiger partial charge in [-0.2, -0.15) is 0 Å². The second-order valence-corrected chi connectivity index (χ2v) is 2.90. The molecule has 0 aromatic heterocycles. The maximum absolute atomic E-state index is 13.0. The second-order valence-electron chi connectivity index (χ2n) is 2.90. The number of esters is 1. The van der Waals surface area contributed by atoms with Crippen molar-refractivity contribution in [2.75, 3.05) is 7.11 Å². The molecule has 0 atom stereocenters. The fraction of sp³-hybridized carbons (Fsp3) is 0.300. The van der Waals surface area contributed by atoms with Crippen LogP contribution < -0.4 is 0 Å². The maximum Gasteiger partial charge on any atom is 0.309 e. The van der Waals surface area contributed by atoms with Gasteiger partial charge in [0.05, 0.1) is 13.5 Å². The predicted molar refractivity (Wildman–Crippen MR) is 46.8 cm³/mol. The van der Waals surface area contributed by atoms with Crippen LogP contribution in [0.15, 0.2) is 12.1 Å². The molecule has 14 heavy (non-hydrogen) atoms. The molecule has 0 radical (unpaired) electrons. The monoisotopic (exact) mass is 200 g/mol. The Morgan fingerprint density at radius 2 is 2.07 bits per heavy atom. The van der Waals surface area contributed by atoms with Gasteiger partial charge in [-0.15, -0.1) is 0 Å². The van der Waals surface area contributed by atoms with E-state index in [0.29, 0.717) is 5.56 Å². The number of hydrogen-bond donors (Lipinski definition) is 0. The number of halogens is 2. The zero-order chi connectivity index (χ0) is 10.7. The van der Waals surface area contributed by atoms with Gasteiger partial charge in [0.2, 0.25) is 0 Å². The summed E-state index contributed by atoms with van der Waals surface area (Å²) in [6.07, 6.45) is -0.0421. The smallest absolute Gasteiger partial charge is 0.309 e. The number of carbonyl (C=O) groups is 1. The van der Waals surface area contributed by atoms with E-state index in [-0.39, 0.29) is 12.0 Å². The Morgan fingerprint density at radius 3 is 2.64 bits per heavy atom. The maximum atomic E-state index is 13.0. The Hall–Kier alpha value is -1.45. The molecule has 0 fully saturated rings. The average molecular weight is 200 g/mol. The van der Waals surface area contributed by atoms with Gasteiger partial charge in [-0.1, -0.05) is 6.07 Å². The molecule has 2 nitrogen and oxygen atoms in total. The van der Waals surface area contributed by atoms with Crippen LogP contribution in [0.3, 0.4) is 0 Å². The lowest BCUT2D eigenvalue weighted by Gasteiger charge is -2.05. The van der Waals surface area contributed by atoms with E-state index in [1.54, 1.807) is 0 Å². The van der Waals surface area contributed by atoms with Gasteiger partial charge in [-0.25, -0.2) is 8.78 Å². The largest absolute Gasteiger partial charge is 0.469 e. The molecule has 1 aromatic rings. The summed E-state index contributed by atoms with van der Waals surface area (Å²) < 4.78 is 30.1. The summed E-state index contributed by atoms with van der Waals surface area (Å²) in [5.74, 6) is -2.29. The lowest BCUT2D eigenvalue weighted by atomic mass is 10.1. The SMILES string of the molecule is COC(=O)Cc1ccc(F)c(F)c1C. The molecule has 0 saturated carbocycles. The van der Waals surface area contributed by atoms with Gasteiger partial charge in [-0.05, 0) is 24.1 Å². The van der Waals surface area contributed by atoms with Crippen LogP contribution >= 0.6 is 0 Å². The summed E-state index contributed by atoms with van der Waals surface area (Å²) in [5.41, 5.74) is 0.589. The van der Waals surface area contributed by atoms with Crippen molar-refractivity contribution in [3.63, 3.8) is 0 Å². The van der Waals surface area contributed by atoms with Gasteiger partial charge in [0.1, 0.15) is 0 Å². The minimum absolute atomic E-state index is 0.0421. The van der Waals surface area contributed by atoms with E-state index in [1.165, 1.54) is 20.1 Å². The second kappa shape index (κ2) is 4.17. The molecule has 1 rings (SSSR count). The minimum atomic E-state index is -0.911. The predicted octanol–water partition coefficient (Wildman–Crippen LogP) is 1.99. The molecule has 4 heteroatoms. The van der Waals surface area contributed by atoms with Crippen molar-refractivity contribution < 1.29 is 18.3 Å². The minimum Gasteiger partial charge on any atom is -0.469 e. The average Bonchev–Trinajstić information content (AvgIpc) is 2.19. The van der Waals surface area contributed by atoms with E-state index < -0.39 is 17.6 Å². The van der Waals surface area contributed by atoms with Crippen molar-refractivity contribution in [3.05, 3.63) is 34.9 Å². The molecule has 0 aliphatic heterocycles. The van der Waals surface area contributed by atoms with Gasteiger partial charge < -0.3 is 4.74 Å². The summed E-state index contributed by atoms with van der Waals surface area (Å²) >= 11 is 0. The first kappa shape index (κ1) is 10.6. The summed E-state index contributed by atoms with van der Waals surface area (Å²) in [7, 11) is 1.25. The molecule has 0 N–H and O–H groups in total. The van der Waals surface area contributed by atoms with E-state index in [2.05, 4.69) is 4.74 Å². The lowest BCUT2D eigenvalue weighted by molar-refractivity contribution is -0.139. The Labute approximate surface area is 80.5 Å². The number of carbonyl (C=O) groups excluding carboxylic acids is 1. The standard InChI is InChI=1S/C10H10F2O2/c1-6-7(5-9(13)14-2)3-4-8(11)10(6)12/h3-4H,5H2,1-2H3. The van der Waals surface area contributed by atoms with Gasteiger partial charge in [-0.3, -0.25) is 4.79 Å². The van der Waals surface area contributed by atoms with E-state index in [0.717, 1.165) is 6.07 Å². The summed E-state index contributed by atoms with van der Waals surface area (Å²) in [6.45, 7) is 1.43. The third-order valence-electron chi connectivity index (χ3n) is 2.01. The van der Waals surface area contributed by atoms with Crippen LogP contribution in [0.2, 0.25) is 0 Å². The van der Waals surface area contributed by atoms with Gasteiger partial charge in [0.25, 0.3) is 0 Å². The molecule has 0 unspecified atom stereocenters. The fourth-order valence-corrected chi connectivity index (χ4v) is 1.11. The van der Waals surface area contributed by atoms with Crippen molar-refractivity contribution in [1.82, 2.24) is 0 Å². The highest BCUT2D eigenvalue weighted by molar-refractivity contribution is 5.72. The fourth-order valence-electron chi connectivity index (χ4n) is 1.11. The van der Waals surface area contributed by atoms with E-state index in [1.807, 2.05) is 0 Å². The molecule has 0 saturated heterocycles. The van der Waals surface area contributed by atoms with Crippen LogP contribution in [0.25, 0.3) is 0 Å². The van der Waals surface area contributed by atoms with Gasteiger partial charge in [0, 0.05) is 0 Å². The Bertz CT molecular complexity index is 361. The highest BCUT2D eigenvalue weighted by Gasteiger charge is 2.12. The molecule has 0 aliphatic rings. The zero-order valence-corrected chi connectivity index (χ0v) is 7.93. The molecule has 0 aliphatic carbocycles. The molecule has 0 amide bonds. The molecular weight excluding hydrogens is 190 g/mol. The molecule has 0 bridgehead atoms. The van der Waals surface area contributed by atoms with Crippen LogP contribution in [0.4, 0.5) is 8.78 Å². The van der Waals surface area contributed by atoms with Crippen LogP contribution in [0.5, 0.6) is 0 Å². The molecule has 76 valence electrons. The molecule has 1 aromatic carbocycles. The Kier molecular flexibility index (Phi) is 3.17. The molecule has 0 heterocycles. The van der Waals surface area contributed by atoms with Crippen LogP contribution in [-0.4, -0.2) is 13.1 Å². The zero-order valence-electron chi connectivity index (χ0n) is 7.93. The van der Waals surface area contributed by atoms with Crippen molar-refractivity contribution in [1.29, 1.82) is 0 Å². The number of rotatable bonds is 2. The van der Waals surface area contributed by atoms with Gasteiger partial charge >= 0.3 is 5.97 Å². The van der Waals surface area contributed by atoms with Crippen molar-refractivity contribution in [3.8, 4) is 0 Å². The highest BCUT2D eigenvalue weighted by Crippen LogP contribution is 2.16. The highest BCUT2D eigenvalue weighted by atomic mass is 19.2. The number of ether oxygens (including phenoxy) is 1. The Balaban J connectivity index is 3.00. The van der Waals surface area contributed by atoms with Crippen molar-refractivity contribution >= 4 is 5.97 Å². The van der Waals surface area contributed by atoms with Crippen LogP contribution in [0.1, 0.15) is 11.1 Å². The quantitative estimate of drug-likeness (QED) is 0.682. The first-order valence-corrected chi connectivity index (χ1v) is 4.06.